The fourth-order valence-corrected chi connectivity index (χ4v) is 5.17. The first-order chi connectivity index (χ1) is 10.1. The summed E-state index contributed by atoms with van der Waals surface area (Å²) in [5.41, 5.74) is 1.01. The first-order valence-electron chi connectivity index (χ1n) is 7.64. The third-order valence-electron chi connectivity index (χ3n) is 4.85. The van der Waals surface area contributed by atoms with Gasteiger partial charge in [0.15, 0.2) is 0 Å². The number of hydrogen-bond acceptors (Lipinski definition) is 4. The van der Waals surface area contributed by atoms with Crippen molar-refractivity contribution in [3.8, 4) is 5.75 Å². The fraction of sp³-hybridized carbons (Fsp3) is 0.600. The minimum Gasteiger partial charge on any atom is -0.493 e. The molecule has 0 saturated carbocycles. The van der Waals surface area contributed by atoms with Crippen LogP contribution in [0.25, 0.3) is 0 Å². The Morgan fingerprint density at radius 1 is 1.19 bits per heavy atom. The third kappa shape index (κ3) is 2.25. The van der Waals surface area contributed by atoms with Gasteiger partial charge in [-0.05, 0) is 43.1 Å². The van der Waals surface area contributed by atoms with Gasteiger partial charge in [-0.15, -0.1) is 0 Å². The largest absolute Gasteiger partial charge is 0.493 e. The lowest BCUT2D eigenvalue weighted by atomic mass is 10.2. The normalized spacial score (nSPS) is 26.4. The van der Waals surface area contributed by atoms with Crippen LogP contribution in [0.4, 0.5) is 0 Å². The number of hydrogen-bond donors (Lipinski definition) is 0. The van der Waals surface area contributed by atoms with Gasteiger partial charge in [0, 0.05) is 32.1 Å². The van der Waals surface area contributed by atoms with Crippen molar-refractivity contribution in [2.75, 3.05) is 32.8 Å². The van der Waals surface area contributed by atoms with Gasteiger partial charge in [0.1, 0.15) is 5.75 Å². The zero-order chi connectivity index (χ0) is 14.4. The average Bonchev–Trinajstić information content (AvgIpc) is 3.14. The highest BCUT2D eigenvalue weighted by Crippen LogP contribution is 2.30. The lowest BCUT2D eigenvalue weighted by Gasteiger charge is -2.36. The van der Waals surface area contributed by atoms with Crippen molar-refractivity contribution in [2.45, 2.75) is 30.2 Å². The molecule has 6 heteroatoms. The van der Waals surface area contributed by atoms with Crippen molar-refractivity contribution >= 4 is 10.0 Å². The molecule has 0 aliphatic carbocycles. The Morgan fingerprint density at radius 3 is 3.00 bits per heavy atom. The van der Waals surface area contributed by atoms with E-state index in [1.165, 1.54) is 6.42 Å². The molecule has 21 heavy (non-hydrogen) atoms. The van der Waals surface area contributed by atoms with Crippen LogP contribution in [-0.4, -0.2) is 56.5 Å². The molecule has 2 fully saturated rings. The molecule has 0 amide bonds. The number of piperazine rings is 1. The molecule has 3 aliphatic rings. The van der Waals surface area contributed by atoms with Crippen LogP contribution in [0.1, 0.15) is 18.4 Å². The van der Waals surface area contributed by atoms with Crippen molar-refractivity contribution < 1.29 is 13.2 Å². The predicted molar refractivity (Wildman–Crippen MR) is 79.0 cm³/mol. The van der Waals surface area contributed by atoms with E-state index in [0.717, 1.165) is 37.2 Å². The molecule has 0 aromatic heterocycles. The summed E-state index contributed by atoms with van der Waals surface area (Å²) in [5, 5.41) is 0. The average molecular weight is 308 g/mol. The molecule has 114 valence electrons. The van der Waals surface area contributed by atoms with Crippen LogP contribution in [0.5, 0.6) is 5.75 Å². The van der Waals surface area contributed by atoms with Gasteiger partial charge in [0.25, 0.3) is 0 Å². The second-order valence-electron chi connectivity index (χ2n) is 6.06. The number of sulfonamides is 1. The quantitative estimate of drug-likeness (QED) is 0.821. The predicted octanol–water partition coefficient (Wildman–Crippen LogP) is 1.09. The summed E-state index contributed by atoms with van der Waals surface area (Å²) in [4.78, 5) is 2.83. The Bertz CT molecular complexity index is 659. The van der Waals surface area contributed by atoms with E-state index in [1.807, 2.05) is 0 Å². The summed E-state index contributed by atoms with van der Waals surface area (Å²) in [6.45, 7) is 3.87. The van der Waals surface area contributed by atoms with E-state index in [1.54, 1.807) is 22.5 Å². The molecule has 2 saturated heterocycles. The summed E-state index contributed by atoms with van der Waals surface area (Å²) in [6, 6.07) is 5.67. The summed E-state index contributed by atoms with van der Waals surface area (Å²) in [7, 11) is -3.37. The van der Waals surface area contributed by atoms with Crippen LogP contribution >= 0.6 is 0 Å². The van der Waals surface area contributed by atoms with Gasteiger partial charge in [-0.2, -0.15) is 4.31 Å². The molecule has 0 radical (unpaired) electrons. The van der Waals surface area contributed by atoms with Gasteiger partial charge >= 0.3 is 0 Å². The minimum atomic E-state index is -3.37. The van der Waals surface area contributed by atoms with Crippen LogP contribution in [0.2, 0.25) is 0 Å². The van der Waals surface area contributed by atoms with Gasteiger partial charge < -0.3 is 4.74 Å². The van der Waals surface area contributed by atoms with Gasteiger partial charge in [-0.1, -0.05) is 0 Å². The maximum atomic E-state index is 12.8. The monoisotopic (exact) mass is 308 g/mol. The smallest absolute Gasteiger partial charge is 0.243 e. The molecular weight excluding hydrogens is 288 g/mol. The Labute approximate surface area is 125 Å². The first kappa shape index (κ1) is 13.5. The molecule has 0 unspecified atom stereocenters. The van der Waals surface area contributed by atoms with E-state index in [2.05, 4.69) is 4.90 Å². The summed E-state index contributed by atoms with van der Waals surface area (Å²) >= 11 is 0. The lowest BCUT2D eigenvalue weighted by Crippen LogP contribution is -2.51. The number of rotatable bonds is 2. The molecule has 4 rings (SSSR count). The van der Waals surface area contributed by atoms with E-state index in [-0.39, 0.29) is 0 Å². The molecule has 3 heterocycles. The number of fused-ring (bicyclic) bond motifs is 2. The second-order valence-corrected chi connectivity index (χ2v) is 8.00. The molecule has 1 aromatic rings. The maximum absolute atomic E-state index is 12.8. The summed E-state index contributed by atoms with van der Waals surface area (Å²) in [6.07, 6.45) is 3.11. The van der Waals surface area contributed by atoms with E-state index in [4.69, 9.17) is 4.74 Å². The highest BCUT2D eigenvalue weighted by atomic mass is 32.2. The summed E-state index contributed by atoms with van der Waals surface area (Å²) < 4.78 is 32.8. The Hall–Kier alpha value is -1.11. The van der Waals surface area contributed by atoms with Crippen molar-refractivity contribution in [3.05, 3.63) is 23.8 Å². The highest BCUT2D eigenvalue weighted by Gasteiger charge is 2.36. The Kier molecular flexibility index (Phi) is 3.20. The molecular formula is C15H20N2O3S. The van der Waals surface area contributed by atoms with Crippen molar-refractivity contribution in [2.24, 2.45) is 0 Å². The standard InChI is InChI=1S/C15H20N2O3S/c18-21(19,14-3-4-15-12(10-14)5-9-20-15)17-8-7-16-6-1-2-13(16)11-17/h3-4,10,13H,1-2,5-9,11H2/t13-/m0/s1. The minimum absolute atomic E-state index is 0.409. The van der Waals surface area contributed by atoms with E-state index >= 15 is 0 Å². The van der Waals surface area contributed by atoms with E-state index in [9.17, 15) is 8.42 Å². The Balaban J connectivity index is 1.61. The van der Waals surface area contributed by atoms with Crippen LogP contribution in [0, 0.1) is 0 Å². The molecule has 3 aliphatic heterocycles. The van der Waals surface area contributed by atoms with Crippen molar-refractivity contribution in [1.29, 1.82) is 0 Å². The topological polar surface area (TPSA) is 49.9 Å². The molecule has 1 atom stereocenters. The molecule has 0 N–H and O–H groups in total. The highest BCUT2D eigenvalue weighted by molar-refractivity contribution is 7.89. The first-order valence-corrected chi connectivity index (χ1v) is 9.08. The SMILES string of the molecule is O=S(=O)(c1ccc2c(c1)CCO2)N1CCN2CCC[C@H]2C1. The summed E-state index contributed by atoms with van der Waals surface area (Å²) in [5.74, 6) is 0.828. The third-order valence-corrected chi connectivity index (χ3v) is 6.71. The van der Waals surface area contributed by atoms with E-state index in [0.29, 0.717) is 30.6 Å². The van der Waals surface area contributed by atoms with Crippen LogP contribution in [0.15, 0.2) is 23.1 Å². The van der Waals surface area contributed by atoms with Crippen LogP contribution in [0.3, 0.4) is 0 Å². The molecule has 0 bridgehead atoms. The zero-order valence-corrected chi connectivity index (χ0v) is 12.8. The van der Waals surface area contributed by atoms with Gasteiger partial charge in [0.05, 0.1) is 11.5 Å². The van der Waals surface area contributed by atoms with Crippen LogP contribution in [-0.2, 0) is 16.4 Å². The number of nitrogens with zero attached hydrogens (tertiary/aromatic N) is 2. The zero-order valence-electron chi connectivity index (χ0n) is 12.0. The van der Waals surface area contributed by atoms with Crippen molar-refractivity contribution in [1.82, 2.24) is 9.21 Å². The van der Waals surface area contributed by atoms with Crippen molar-refractivity contribution in [3.63, 3.8) is 0 Å². The molecule has 1 aromatic carbocycles. The molecule has 0 spiro atoms. The fourth-order valence-electron chi connectivity index (χ4n) is 3.65. The van der Waals surface area contributed by atoms with Gasteiger partial charge in [-0.3, -0.25) is 4.90 Å². The molecule has 5 nitrogen and oxygen atoms in total. The van der Waals surface area contributed by atoms with Gasteiger partial charge in [-0.25, -0.2) is 8.42 Å². The van der Waals surface area contributed by atoms with E-state index < -0.39 is 10.0 Å². The lowest BCUT2D eigenvalue weighted by molar-refractivity contribution is 0.158. The second kappa shape index (κ2) is 4.97. The maximum Gasteiger partial charge on any atom is 0.243 e. The van der Waals surface area contributed by atoms with Crippen LogP contribution < -0.4 is 4.74 Å². The van der Waals surface area contributed by atoms with Gasteiger partial charge in [0.2, 0.25) is 10.0 Å². The Morgan fingerprint density at radius 2 is 2.10 bits per heavy atom. The number of ether oxygens (including phenoxy) is 1. The number of benzene rings is 1.